The molecule has 0 saturated heterocycles. The summed E-state index contributed by atoms with van der Waals surface area (Å²) in [5.74, 6) is 0. The van der Waals surface area contributed by atoms with Crippen LogP contribution in [-0.2, 0) is 17.1 Å². The second kappa shape index (κ2) is 23.2. The van der Waals surface area contributed by atoms with Crippen LogP contribution in [0.2, 0.25) is 0 Å². The Morgan fingerprint density at radius 2 is 1.00 bits per heavy atom. The van der Waals surface area contributed by atoms with Crippen LogP contribution in [0.1, 0.15) is 0 Å². The molecule has 0 aromatic heterocycles. The summed E-state index contributed by atoms with van der Waals surface area (Å²) in [4.78, 5) is 0. The first-order chi connectivity index (χ1) is 0. The normalized spacial score (nSPS) is 0. The van der Waals surface area contributed by atoms with Gasteiger partial charge in [-0.1, -0.05) is 0 Å². The summed E-state index contributed by atoms with van der Waals surface area (Å²) in [6.07, 6.45) is 0. The summed E-state index contributed by atoms with van der Waals surface area (Å²) in [7, 11) is 0. The largest absolute Gasteiger partial charge is 0.412 e. The molecule has 2 N–H and O–H groups in total. The molecule has 0 bridgehead atoms. The molecular weight excluding hydrogens is 230 g/mol. The van der Waals surface area contributed by atoms with Crippen molar-refractivity contribution in [2.45, 2.75) is 0 Å². The van der Waals surface area contributed by atoms with E-state index in [9.17, 15) is 0 Å². The molecule has 1 nitrogen and oxygen atoms in total. The summed E-state index contributed by atoms with van der Waals surface area (Å²) in [6, 6.07) is 0. The standard InChI is InChI=1S/FH.Fe.La.H2O/h1H;;;1H2. The van der Waals surface area contributed by atoms with Gasteiger partial charge < -0.3 is 5.48 Å². The van der Waals surface area contributed by atoms with Crippen molar-refractivity contribution in [1.29, 1.82) is 0 Å². The summed E-state index contributed by atoms with van der Waals surface area (Å²) in [6.45, 7) is 0. The Hall–Kier alpha value is 1.60. The maximum absolute atomic E-state index is 0. The van der Waals surface area contributed by atoms with Crippen LogP contribution in [0.4, 0.5) is 4.70 Å². The third-order valence-corrected chi connectivity index (χ3v) is 0. The second-order valence-corrected chi connectivity index (χ2v) is 0. The molecule has 0 amide bonds. The maximum atomic E-state index is 0. The van der Waals surface area contributed by atoms with Gasteiger partial charge in [0.1, 0.15) is 0 Å². The molecule has 0 aromatic rings. The fourth-order valence-electron chi connectivity index (χ4n) is 0. The quantitative estimate of drug-likeness (QED) is 0.496. The van der Waals surface area contributed by atoms with Gasteiger partial charge in [-0.05, 0) is 0 Å². The maximum Gasteiger partial charge on any atom is 0 e. The zero-order valence-electron chi connectivity index (χ0n) is 1.84. The fraction of sp³-hybridized carbons (Fsp3) is 0. The van der Waals surface area contributed by atoms with Crippen molar-refractivity contribution in [2.24, 2.45) is 0 Å². The number of hydrogen-bond acceptors (Lipinski definition) is 0. The van der Waals surface area contributed by atoms with Gasteiger partial charge >= 0.3 is 0 Å². The molecule has 0 unspecified atom stereocenters. The van der Waals surface area contributed by atoms with Crippen LogP contribution in [0.25, 0.3) is 0 Å². The molecule has 0 aliphatic heterocycles. The van der Waals surface area contributed by atoms with Crippen LogP contribution in [0.5, 0.6) is 0 Å². The fourth-order valence-corrected chi connectivity index (χ4v) is 0. The smallest absolute Gasteiger partial charge is 0 e. The van der Waals surface area contributed by atoms with E-state index < -0.39 is 0 Å². The van der Waals surface area contributed by atoms with Crippen LogP contribution in [0, 0.1) is 35.6 Å². The van der Waals surface area contributed by atoms with E-state index in [0.717, 1.165) is 0 Å². The second-order valence-electron chi connectivity index (χ2n) is 0. The Kier molecular flexibility index (Phi) is 268. The van der Waals surface area contributed by atoms with Crippen molar-refractivity contribution >= 4 is 0 Å². The number of hydrogen-bond donors (Lipinski definition) is 0. The molecule has 0 rings (SSSR count). The van der Waals surface area contributed by atoms with Crippen LogP contribution in [-0.4, -0.2) is 5.48 Å². The van der Waals surface area contributed by atoms with Gasteiger partial charge in [-0.15, -0.1) is 0 Å². The van der Waals surface area contributed by atoms with Gasteiger partial charge in [0.2, 0.25) is 0 Å². The van der Waals surface area contributed by atoms with E-state index in [0.29, 0.717) is 0 Å². The molecular formula is H3FFeLaO. The van der Waals surface area contributed by atoms with Gasteiger partial charge in [0, 0.05) is 52.7 Å². The average molecular weight is 233 g/mol. The molecule has 0 aliphatic rings. The van der Waals surface area contributed by atoms with Gasteiger partial charge in [-0.25, -0.2) is 0 Å². The van der Waals surface area contributed by atoms with Gasteiger partial charge in [0.25, 0.3) is 0 Å². The van der Waals surface area contributed by atoms with Crippen LogP contribution in [0.15, 0.2) is 0 Å². The van der Waals surface area contributed by atoms with E-state index in [-0.39, 0.29) is 62.8 Å². The zero-order valence-corrected chi connectivity index (χ0v) is 6.57. The SMILES string of the molecule is F.O.[Fe].[La]. The van der Waals surface area contributed by atoms with Crippen LogP contribution < -0.4 is 0 Å². The predicted octanol–water partition coefficient (Wildman–Crippen LogP) is -0.675. The molecule has 0 aliphatic carbocycles. The minimum absolute atomic E-state index is 0. The van der Waals surface area contributed by atoms with E-state index in [1.165, 1.54) is 0 Å². The van der Waals surface area contributed by atoms with E-state index in [1.54, 1.807) is 0 Å². The van der Waals surface area contributed by atoms with E-state index in [1.807, 2.05) is 0 Å². The van der Waals surface area contributed by atoms with Crippen molar-refractivity contribution in [2.75, 3.05) is 0 Å². The first-order valence-corrected chi connectivity index (χ1v) is 0. The minimum atomic E-state index is 0. The molecule has 0 fully saturated rings. The first-order valence-electron chi connectivity index (χ1n) is 0. The Labute approximate surface area is 62.3 Å². The van der Waals surface area contributed by atoms with Crippen molar-refractivity contribution in [3.8, 4) is 0 Å². The zero-order chi connectivity index (χ0) is 0. The molecule has 4 heavy (non-hydrogen) atoms. The third kappa shape index (κ3) is 9.50. The molecule has 4 heteroatoms. The van der Waals surface area contributed by atoms with Crippen molar-refractivity contribution < 1.29 is 62.8 Å². The van der Waals surface area contributed by atoms with Crippen LogP contribution >= 0.6 is 0 Å². The van der Waals surface area contributed by atoms with Gasteiger partial charge in [0.15, 0.2) is 0 Å². The molecule has 0 aromatic carbocycles. The molecule has 0 saturated carbocycles. The van der Waals surface area contributed by atoms with Crippen molar-refractivity contribution in [3.63, 3.8) is 0 Å². The Morgan fingerprint density at radius 3 is 1.00 bits per heavy atom. The molecule has 0 atom stereocenters. The third-order valence-electron chi connectivity index (χ3n) is 0. The van der Waals surface area contributed by atoms with Crippen LogP contribution in [0.3, 0.4) is 0 Å². The predicted molar refractivity (Wildman–Crippen MR) is 6.12 cm³/mol. The van der Waals surface area contributed by atoms with Crippen molar-refractivity contribution in [1.82, 2.24) is 0 Å². The van der Waals surface area contributed by atoms with E-state index in [4.69, 9.17) is 0 Å². The molecule has 1 radical (unpaired) electrons. The van der Waals surface area contributed by atoms with Crippen molar-refractivity contribution in [3.05, 3.63) is 0 Å². The van der Waals surface area contributed by atoms with Gasteiger partial charge in [-0.3, -0.25) is 4.70 Å². The molecule has 0 spiro atoms. The summed E-state index contributed by atoms with van der Waals surface area (Å²) < 4.78 is 0. The van der Waals surface area contributed by atoms with Gasteiger partial charge in [-0.2, -0.15) is 0 Å². The summed E-state index contributed by atoms with van der Waals surface area (Å²) in [5, 5.41) is 0. The number of rotatable bonds is 0. The summed E-state index contributed by atoms with van der Waals surface area (Å²) >= 11 is 0. The Balaban J connectivity index is 0. The van der Waals surface area contributed by atoms with E-state index in [2.05, 4.69) is 0 Å². The van der Waals surface area contributed by atoms with Gasteiger partial charge in [0.05, 0.1) is 0 Å². The summed E-state index contributed by atoms with van der Waals surface area (Å²) in [5.41, 5.74) is 0. The Bertz CT molecular complexity index is 8.00. The topological polar surface area (TPSA) is 31.5 Å². The minimum Gasteiger partial charge on any atom is -0.412 e. The first kappa shape index (κ1) is 46.2. The molecule has 27 valence electrons. The average Bonchev–Trinajstić information content (AvgIpc) is 0. The monoisotopic (exact) mass is 233 g/mol. The van der Waals surface area contributed by atoms with E-state index >= 15 is 0 Å². The number of halogens is 1. The Morgan fingerprint density at radius 1 is 1.00 bits per heavy atom. The molecule has 0 heterocycles.